The first-order valence-corrected chi connectivity index (χ1v) is 5.70. The molecule has 1 atom stereocenters. The van der Waals surface area contributed by atoms with E-state index >= 15 is 0 Å². The number of nitrogens with zero attached hydrogens (tertiary/aromatic N) is 2. The summed E-state index contributed by atoms with van der Waals surface area (Å²) in [7, 11) is 3.34. The third-order valence-corrected chi connectivity index (χ3v) is 2.86. The first kappa shape index (κ1) is 14.1. The molecule has 0 unspecified atom stereocenters. The monoisotopic (exact) mass is 244 g/mol. The van der Waals surface area contributed by atoms with Gasteiger partial charge in [0.25, 0.3) is 0 Å². The molecular weight excluding hydrogens is 224 g/mol. The van der Waals surface area contributed by atoms with Crippen LogP contribution in [-0.2, 0) is 19.4 Å². The van der Waals surface area contributed by atoms with Crippen molar-refractivity contribution in [3.8, 4) is 0 Å². The molecule has 0 bridgehead atoms. The van der Waals surface area contributed by atoms with E-state index in [9.17, 15) is 9.59 Å². The van der Waals surface area contributed by atoms with Crippen LogP contribution in [0.2, 0.25) is 0 Å². The highest BCUT2D eigenvalue weighted by Crippen LogP contribution is 2.12. The van der Waals surface area contributed by atoms with Crippen LogP contribution in [-0.4, -0.2) is 67.9 Å². The van der Waals surface area contributed by atoms with Gasteiger partial charge in [0.2, 0.25) is 5.91 Å². The number of piperazine rings is 1. The van der Waals surface area contributed by atoms with Gasteiger partial charge in [-0.1, -0.05) is 0 Å². The highest BCUT2D eigenvalue weighted by Gasteiger charge is 2.32. The third kappa shape index (κ3) is 4.07. The molecule has 1 heterocycles. The Kier molecular flexibility index (Phi) is 5.54. The normalized spacial score (nSPS) is 21.9. The number of Topliss-reactive ketones (excluding diaryl/α,β-unsaturated/α-hetero) is 1. The smallest absolute Gasteiger partial charge is 0.240 e. The van der Waals surface area contributed by atoms with Gasteiger partial charge in [0, 0.05) is 13.1 Å². The van der Waals surface area contributed by atoms with Crippen molar-refractivity contribution < 1.29 is 19.4 Å². The van der Waals surface area contributed by atoms with Gasteiger partial charge in [-0.25, -0.2) is 9.78 Å². The molecule has 0 aromatic heterocycles. The van der Waals surface area contributed by atoms with Gasteiger partial charge in [-0.15, -0.1) is 0 Å². The van der Waals surface area contributed by atoms with Crippen LogP contribution in [0.3, 0.4) is 0 Å². The molecule has 0 aromatic carbocycles. The SMILES string of the molecule is COOCC[C@H]1C(=O)N(CC(C)=O)CCN1C. The topological polar surface area (TPSA) is 59.1 Å². The summed E-state index contributed by atoms with van der Waals surface area (Å²) >= 11 is 0. The Morgan fingerprint density at radius 3 is 2.76 bits per heavy atom. The van der Waals surface area contributed by atoms with Gasteiger partial charge in [-0.2, -0.15) is 0 Å². The lowest BCUT2D eigenvalue weighted by Gasteiger charge is -2.38. The van der Waals surface area contributed by atoms with Crippen LogP contribution in [0.5, 0.6) is 0 Å². The minimum absolute atomic E-state index is 0.00588. The summed E-state index contributed by atoms with van der Waals surface area (Å²) in [6.07, 6.45) is 0.567. The van der Waals surface area contributed by atoms with E-state index in [0.717, 1.165) is 6.54 Å². The number of hydrogen-bond donors (Lipinski definition) is 0. The van der Waals surface area contributed by atoms with E-state index in [1.807, 2.05) is 11.9 Å². The maximum atomic E-state index is 12.1. The lowest BCUT2D eigenvalue weighted by atomic mass is 10.1. The maximum absolute atomic E-state index is 12.1. The predicted octanol–water partition coefficient (Wildman–Crippen LogP) is -0.314. The molecule has 6 nitrogen and oxygen atoms in total. The van der Waals surface area contributed by atoms with Gasteiger partial charge >= 0.3 is 0 Å². The zero-order chi connectivity index (χ0) is 12.8. The van der Waals surface area contributed by atoms with Crippen molar-refractivity contribution in [1.82, 2.24) is 9.80 Å². The molecule has 98 valence electrons. The predicted molar refractivity (Wildman–Crippen MR) is 61.3 cm³/mol. The fourth-order valence-electron chi connectivity index (χ4n) is 1.96. The van der Waals surface area contributed by atoms with E-state index in [-0.39, 0.29) is 24.3 Å². The van der Waals surface area contributed by atoms with Gasteiger partial charge < -0.3 is 4.90 Å². The molecule has 1 amide bonds. The van der Waals surface area contributed by atoms with Gasteiger partial charge in [0.05, 0.1) is 26.3 Å². The molecule has 0 N–H and O–H groups in total. The van der Waals surface area contributed by atoms with Crippen molar-refractivity contribution in [3.63, 3.8) is 0 Å². The summed E-state index contributed by atoms with van der Waals surface area (Å²) in [6, 6.07) is -0.224. The molecule has 1 aliphatic rings. The van der Waals surface area contributed by atoms with Crippen LogP contribution in [0, 0.1) is 0 Å². The zero-order valence-corrected chi connectivity index (χ0v) is 10.6. The Hall–Kier alpha value is -0.980. The fourth-order valence-corrected chi connectivity index (χ4v) is 1.96. The molecule has 6 heteroatoms. The Morgan fingerprint density at radius 1 is 1.47 bits per heavy atom. The second-order valence-corrected chi connectivity index (χ2v) is 4.24. The second-order valence-electron chi connectivity index (χ2n) is 4.24. The molecule has 0 aromatic rings. The van der Waals surface area contributed by atoms with Crippen LogP contribution in [0.4, 0.5) is 0 Å². The van der Waals surface area contributed by atoms with Crippen molar-refractivity contribution in [2.24, 2.45) is 0 Å². The first-order valence-electron chi connectivity index (χ1n) is 5.70. The Labute approximate surface area is 101 Å². The second kappa shape index (κ2) is 6.68. The standard InChI is InChI=1S/C11H20N2O4/c1-9(14)8-13-6-5-12(2)10(11(13)15)4-7-17-16-3/h10H,4-8H2,1-3H3/t10-/m0/s1. The van der Waals surface area contributed by atoms with Crippen molar-refractivity contribution in [3.05, 3.63) is 0 Å². The number of hydrogen-bond acceptors (Lipinski definition) is 5. The van der Waals surface area contributed by atoms with E-state index in [1.54, 1.807) is 4.90 Å². The molecule has 1 rings (SSSR count). The number of rotatable bonds is 6. The molecular formula is C11H20N2O4. The summed E-state index contributed by atoms with van der Waals surface area (Å²) in [5.74, 6) is 0.00319. The number of likely N-dealkylation sites (N-methyl/N-ethyl adjacent to an activating group) is 1. The van der Waals surface area contributed by atoms with E-state index in [1.165, 1.54) is 14.0 Å². The van der Waals surface area contributed by atoms with Gasteiger partial charge in [-0.05, 0) is 20.4 Å². The number of carbonyl (C=O) groups is 2. The van der Waals surface area contributed by atoms with E-state index in [2.05, 4.69) is 4.89 Å². The van der Waals surface area contributed by atoms with E-state index in [0.29, 0.717) is 19.6 Å². The largest absolute Gasteiger partial charge is 0.333 e. The molecule has 0 aliphatic carbocycles. The molecule has 17 heavy (non-hydrogen) atoms. The van der Waals surface area contributed by atoms with E-state index in [4.69, 9.17) is 4.89 Å². The van der Waals surface area contributed by atoms with Gasteiger partial charge in [0.1, 0.15) is 5.78 Å². The Morgan fingerprint density at radius 2 is 2.18 bits per heavy atom. The fraction of sp³-hybridized carbons (Fsp3) is 0.818. The van der Waals surface area contributed by atoms with Crippen molar-refractivity contribution in [1.29, 1.82) is 0 Å². The summed E-state index contributed by atoms with van der Waals surface area (Å²) in [4.78, 5) is 36.0. The highest BCUT2D eigenvalue weighted by atomic mass is 17.2. The zero-order valence-electron chi connectivity index (χ0n) is 10.6. The Bertz CT molecular complexity index is 283. The third-order valence-electron chi connectivity index (χ3n) is 2.86. The lowest BCUT2D eigenvalue weighted by molar-refractivity contribution is -0.274. The summed E-state index contributed by atoms with van der Waals surface area (Å²) in [6.45, 7) is 3.45. The lowest BCUT2D eigenvalue weighted by Crippen LogP contribution is -2.56. The summed E-state index contributed by atoms with van der Waals surface area (Å²) < 4.78 is 0. The van der Waals surface area contributed by atoms with Crippen LogP contribution in [0.15, 0.2) is 0 Å². The van der Waals surface area contributed by atoms with Crippen LogP contribution >= 0.6 is 0 Å². The maximum Gasteiger partial charge on any atom is 0.240 e. The molecule has 0 radical (unpaired) electrons. The highest BCUT2D eigenvalue weighted by molar-refractivity contribution is 5.87. The van der Waals surface area contributed by atoms with Crippen molar-refractivity contribution in [2.45, 2.75) is 19.4 Å². The minimum atomic E-state index is -0.224. The molecule has 1 saturated heterocycles. The van der Waals surface area contributed by atoms with Gasteiger partial charge in [-0.3, -0.25) is 14.5 Å². The number of carbonyl (C=O) groups excluding carboxylic acids is 2. The summed E-state index contributed by atoms with van der Waals surface area (Å²) in [5, 5.41) is 0. The van der Waals surface area contributed by atoms with Crippen LogP contribution in [0.1, 0.15) is 13.3 Å². The van der Waals surface area contributed by atoms with Crippen LogP contribution < -0.4 is 0 Å². The number of amides is 1. The Balaban J connectivity index is 2.53. The summed E-state index contributed by atoms with van der Waals surface area (Å²) in [5.41, 5.74) is 0. The molecule has 0 saturated carbocycles. The quantitative estimate of drug-likeness (QED) is 0.364. The minimum Gasteiger partial charge on any atom is -0.333 e. The van der Waals surface area contributed by atoms with Crippen molar-refractivity contribution in [2.75, 3.05) is 40.4 Å². The van der Waals surface area contributed by atoms with E-state index < -0.39 is 0 Å². The molecule has 1 fully saturated rings. The van der Waals surface area contributed by atoms with Gasteiger partial charge in [0.15, 0.2) is 0 Å². The molecule has 1 aliphatic heterocycles. The van der Waals surface area contributed by atoms with Crippen molar-refractivity contribution >= 4 is 11.7 Å². The molecule has 0 spiro atoms. The average Bonchev–Trinajstić information content (AvgIpc) is 2.27. The van der Waals surface area contributed by atoms with Crippen LogP contribution in [0.25, 0.3) is 0 Å². The first-order chi connectivity index (χ1) is 8.06. The average molecular weight is 244 g/mol. The number of ketones is 1.